The first-order chi connectivity index (χ1) is 15.1. The lowest BCUT2D eigenvalue weighted by Crippen LogP contribution is -2.42. The van der Waals surface area contributed by atoms with Crippen molar-refractivity contribution >= 4 is 50.1 Å². The fourth-order valence-electron chi connectivity index (χ4n) is 3.59. The first-order valence-electron chi connectivity index (χ1n) is 10.1. The minimum atomic E-state index is -3.19. The van der Waals surface area contributed by atoms with E-state index in [1.807, 2.05) is 0 Å². The quantitative estimate of drug-likeness (QED) is 0.550. The SMILES string of the molecule is CC(F)c1cc2cnc(NC3CCN(S(C)(=O)=O)CC3)nc2c(Nc2nn(C)cc2Cl)n1. The van der Waals surface area contributed by atoms with Gasteiger partial charge in [-0.25, -0.2) is 32.1 Å². The lowest BCUT2D eigenvalue weighted by atomic mass is 10.1. The van der Waals surface area contributed by atoms with Gasteiger partial charge in [0.25, 0.3) is 0 Å². The van der Waals surface area contributed by atoms with Gasteiger partial charge in [-0.05, 0) is 25.8 Å². The second-order valence-electron chi connectivity index (χ2n) is 7.85. The van der Waals surface area contributed by atoms with Crippen molar-refractivity contribution in [2.45, 2.75) is 32.0 Å². The summed E-state index contributed by atoms with van der Waals surface area (Å²) in [4.78, 5) is 13.3. The van der Waals surface area contributed by atoms with Crippen LogP contribution in [0.2, 0.25) is 5.02 Å². The van der Waals surface area contributed by atoms with E-state index < -0.39 is 16.2 Å². The van der Waals surface area contributed by atoms with E-state index in [-0.39, 0.29) is 11.7 Å². The Kier molecular flexibility index (Phi) is 6.19. The van der Waals surface area contributed by atoms with Crippen molar-refractivity contribution in [3.05, 3.63) is 29.2 Å². The monoisotopic (exact) mass is 482 g/mol. The Hall–Kier alpha value is -2.57. The third-order valence-electron chi connectivity index (χ3n) is 5.27. The molecule has 0 saturated carbocycles. The summed E-state index contributed by atoms with van der Waals surface area (Å²) >= 11 is 6.21. The summed E-state index contributed by atoms with van der Waals surface area (Å²) in [6.07, 6.45) is 4.46. The van der Waals surface area contributed by atoms with E-state index in [9.17, 15) is 12.8 Å². The fraction of sp³-hybridized carbons (Fsp3) is 0.474. The van der Waals surface area contributed by atoms with Gasteiger partial charge in [0, 0.05) is 44.0 Å². The predicted molar refractivity (Wildman–Crippen MR) is 121 cm³/mol. The number of hydrogen-bond donors (Lipinski definition) is 2. The number of rotatable bonds is 6. The molecule has 13 heteroatoms. The lowest BCUT2D eigenvalue weighted by Gasteiger charge is -2.30. The first-order valence-corrected chi connectivity index (χ1v) is 12.3. The highest BCUT2D eigenvalue weighted by atomic mass is 35.5. The van der Waals surface area contributed by atoms with Crippen LogP contribution in [0.4, 0.5) is 22.0 Å². The molecule has 0 bridgehead atoms. The largest absolute Gasteiger partial charge is 0.351 e. The maximum atomic E-state index is 14.0. The van der Waals surface area contributed by atoms with E-state index >= 15 is 0 Å². The molecule has 0 aliphatic carbocycles. The zero-order chi connectivity index (χ0) is 23.0. The van der Waals surface area contributed by atoms with Crippen LogP contribution in [0.15, 0.2) is 18.5 Å². The van der Waals surface area contributed by atoms with Crippen LogP contribution < -0.4 is 10.6 Å². The number of alkyl halides is 1. The number of pyridine rings is 1. The highest BCUT2D eigenvalue weighted by Crippen LogP contribution is 2.30. The number of sulfonamides is 1. The molecule has 1 saturated heterocycles. The molecule has 1 fully saturated rings. The molecule has 2 N–H and O–H groups in total. The van der Waals surface area contributed by atoms with Crippen LogP contribution in [-0.4, -0.2) is 62.8 Å². The van der Waals surface area contributed by atoms with Crippen molar-refractivity contribution in [2.75, 3.05) is 30.0 Å². The average Bonchev–Trinajstić information content (AvgIpc) is 3.04. The second-order valence-corrected chi connectivity index (χ2v) is 10.2. The maximum Gasteiger partial charge on any atom is 0.223 e. The van der Waals surface area contributed by atoms with Crippen molar-refractivity contribution in [1.82, 2.24) is 29.0 Å². The number of aryl methyl sites for hydroxylation is 1. The van der Waals surface area contributed by atoms with Crippen molar-refractivity contribution in [1.29, 1.82) is 0 Å². The van der Waals surface area contributed by atoms with Crippen molar-refractivity contribution < 1.29 is 12.8 Å². The highest BCUT2D eigenvalue weighted by molar-refractivity contribution is 7.88. The number of nitrogens with zero attached hydrogens (tertiary/aromatic N) is 6. The Morgan fingerprint density at radius 2 is 1.97 bits per heavy atom. The van der Waals surface area contributed by atoms with E-state index in [1.54, 1.807) is 30.2 Å². The van der Waals surface area contributed by atoms with Gasteiger partial charge in [0.1, 0.15) is 16.7 Å². The molecule has 10 nitrogen and oxygen atoms in total. The summed E-state index contributed by atoms with van der Waals surface area (Å²) in [5.41, 5.74) is 0.728. The Labute approximate surface area is 190 Å². The number of hydrogen-bond acceptors (Lipinski definition) is 8. The summed E-state index contributed by atoms with van der Waals surface area (Å²) in [6, 6.07) is 1.64. The second kappa shape index (κ2) is 8.75. The summed E-state index contributed by atoms with van der Waals surface area (Å²) in [7, 11) is -1.45. The molecule has 4 heterocycles. The Morgan fingerprint density at radius 1 is 1.25 bits per heavy atom. The standard InChI is InChI=1S/C19H24ClFN8O2S/c1-11(21)15-8-12-9-22-19(23-13-4-6-29(7-5-13)32(3,30)31)25-16(12)18(24-15)26-17-14(20)10-28(2)27-17/h8-11,13H,4-7H2,1-3H3,(H,22,23,25)(H,24,26,27). The molecule has 172 valence electrons. The number of piperidine rings is 1. The molecule has 0 aromatic carbocycles. The molecule has 3 aromatic heterocycles. The van der Waals surface area contributed by atoms with E-state index in [1.165, 1.54) is 17.5 Å². The number of fused-ring (bicyclic) bond motifs is 1. The molecular weight excluding hydrogens is 459 g/mol. The van der Waals surface area contributed by atoms with Crippen molar-refractivity contribution in [2.24, 2.45) is 7.05 Å². The van der Waals surface area contributed by atoms with Gasteiger partial charge >= 0.3 is 0 Å². The lowest BCUT2D eigenvalue weighted by molar-refractivity contribution is 0.331. The number of nitrogens with one attached hydrogen (secondary N) is 2. The minimum absolute atomic E-state index is 0.0326. The summed E-state index contributed by atoms with van der Waals surface area (Å²) in [6.45, 7) is 2.29. The molecule has 32 heavy (non-hydrogen) atoms. The summed E-state index contributed by atoms with van der Waals surface area (Å²) in [5.74, 6) is 1.08. The molecular formula is C19H24ClFN8O2S. The first kappa shape index (κ1) is 22.6. The zero-order valence-electron chi connectivity index (χ0n) is 17.9. The van der Waals surface area contributed by atoms with Crippen molar-refractivity contribution in [3.63, 3.8) is 0 Å². The number of anilines is 3. The van der Waals surface area contributed by atoms with Crippen LogP contribution in [0.1, 0.15) is 31.6 Å². The molecule has 0 spiro atoms. The molecule has 1 atom stereocenters. The van der Waals surface area contributed by atoms with Crippen LogP contribution in [0.25, 0.3) is 10.9 Å². The van der Waals surface area contributed by atoms with Crippen molar-refractivity contribution in [3.8, 4) is 0 Å². The Morgan fingerprint density at radius 3 is 2.56 bits per heavy atom. The van der Waals surface area contributed by atoms with Crippen LogP contribution in [-0.2, 0) is 17.1 Å². The van der Waals surface area contributed by atoms with Crippen LogP contribution >= 0.6 is 11.6 Å². The minimum Gasteiger partial charge on any atom is -0.351 e. The Bertz CT molecular complexity index is 1240. The van der Waals surface area contributed by atoms with Crippen LogP contribution in [0.3, 0.4) is 0 Å². The molecule has 1 unspecified atom stereocenters. The van der Waals surface area contributed by atoms with E-state index in [0.29, 0.717) is 59.4 Å². The highest BCUT2D eigenvalue weighted by Gasteiger charge is 2.25. The normalized spacial score (nSPS) is 16.9. The number of halogens is 2. The van der Waals surface area contributed by atoms with Gasteiger partial charge < -0.3 is 10.6 Å². The van der Waals surface area contributed by atoms with Gasteiger partial charge in [-0.15, -0.1) is 0 Å². The molecule has 0 radical (unpaired) electrons. The topological polar surface area (TPSA) is 118 Å². The predicted octanol–water partition coefficient (Wildman–Crippen LogP) is 3.02. The number of aromatic nitrogens is 5. The van der Waals surface area contributed by atoms with Gasteiger partial charge in [0.2, 0.25) is 16.0 Å². The average molecular weight is 483 g/mol. The smallest absolute Gasteiger partial charge is 0.223 e. The van der Waals surface area contributed by atoms with Gasteiger partial charge in [-0.1, -0.05) is 11.6 Å². The van der Waals surface area contributed by atoms with Gasteiger partial charge in [0.15, 0.2) is 11.6 Å². The maximum absolute atomic E-state index is 14.0. The molecule has 3 aromatic rings. The third-order valence-corrected chi connectivity index (χ3v) is 6.85. The van der Waals surface area contributed by atoms with Crippen LogP contribution in [0, 0.1) is 0 Å². The molecule has 1 aliphatic rings. The van der Waals surface area contributed by atoms with E-state index in [0.717, 1.165) is 0 Å². The van der Waals surface area contributed by atoms with Gasteiger partial charge in [-0.3, -0.25) is 4.68 Å². The zero-order valence-corrected chi connectivity index (χ0v) is 19.5. The fourth-order valence-corrected chi connectivity index (χ4v) is 4.69. The van der Waals surface area contributed by atoms with Gasteiger partial charge in [0.05, 0.1) is 11.9 Å². The molecule has 1 aliphatic heterocycles. The van der Waals surface area contributed by atoms with Gasteiger partial charge in [-0.2, -0.15) is 5.10 Å². The van der Waals surface area contributed by atoms with E-state index in [2.05, 4.69) is 30.7 Å². The summed E-state index contributed by atoms with van der Waals surface area (Å²) < 4.78 is 40.5. The van der Waals surface area contributed by atoms with E-state index in [4.69, 9.17) is 11.6 Å². The van der Waals surface area contributed by atoms with Crippen LogP contribution in [0.5, 0.6) is 0 Å². The molecule has 0 amide bonds. The molecule has 4 rings (SSSR count). The summed E-state index contributed by atoms with van der Waals surface area (Å²) in [5, 5.41) is 11.6. The third kappa shape index (κ3) is 4.92. The Balaban J connectivity index is 1.62.